The molecule has 2 aromatic rings. The van der Waals surface area contributed by atoms with E-state index >= 15 is 0 Å². The highest BCUT2D eigenvalue weighted by atomic mass is 35.5. The van der Waals surface area contributed by atoms with Crippen molar-refractivity contribution < 1.29 is 4.79 Å². The number of halogens is 1. The van der Waals surface area contributed by atoms with Crippen molar-refractivity contribution in [1.29, 1.82) is 0 Å². The van der Waals surface area contributed by atoms with Gasteiger partial charge in [-0.25, -0.2) is 4.98 Å². The zero-order valence-corrected chi connectivity index (χ0v) is 13.0. The highest BCUT2D eigenvalue weighted by molar-refractivity contribution is 7.09. The van der Waals surface area contributed by atoms with Crippen LogP contribution in [-0.2, 0) is 6.54 Å². The minimum Gasteiger partial charge on any atom is -0.370 e. The van der Waals surface area contributed by atoms with Crippen LogP contribution in [0.15, 0.2) is 29.8 Å². The molecule has 106 valence electrons. The van der Waals surface area contributed by atoms with E-state index in [0.29, 0.717) is 22.9 Å². The Hall–Kier alpha value is -1.59. The van der Waals surface area contributed by atoms with Gasteiger partial charge in [-0.2, -0.15) is 0 Å². The van der Waals surface area contributed by atoms with Gasteiger partial charge in [0.05, 0.1) is 17.1 Å². The summed E-state index contributed by atoms with van der Waals surface area (Å²) in [7, 11) is 1.77. The Morgan fingerprint density at radius 2 is 2.35 bits per heavy atom. The number of pyridine rings is 1. The number of aromatic nitrogens is 1. The SMILES string of the molecule is CCNc1cc(C(=O)N(C)Cc2cccs2)c(Cl)cn1. The third-order valence-corrected chi connectivity index (χ3v) is 3.93. The van der Waals surface area contributed by atoms with Gasteiger partial charge in [-0.3, -0.25) is 4.79 Å². The summed E-state index contributed by atoms with van der Waals surface area (Å²) in [5.41, 5.74) is 0.469. The molecule has 0 atom stereocenters. The molecule has 2 aromatic heterocycles. The van der Waals surface area contributed by atoms with Gasteiger partial charge in [0.1, 0.15) is 5.82 Å². The summed E-state index contributed by atoms with van der Waals surface area (Å²) in [6.45, 7) is 3.29. The average molecular weight is 310 g/mol. The molecule has 0 saturated heterocycles. The van der Waals surface area contributed by atoms with E-state index in [1.165, 1.54) is 6.20 Å². The molecule has 0 unspecified atom stereocenters. The van der Waals surface area contributed by atoms with E-state index < -0.39 is 0 Å². The molecule has 1 N–H and O–H groups in total. The first-order valence-corrected chi connectivity index (χ1v) is 7.54. The normalized spacial score (nSPS) is 10.3. The molecular weight excluding hydrogens is 294 g/mol. The van der Waals surface area contributed by atoms with Crippen LogP contribution in [0.2, 0.25) is 5.02 Å². The minimum atomic E-state index is -0.107. The van der Waals surface area contributed by atoms with Crippen molar-refractivity contribution in [2.24, 2.45) is 0 Å². The maximum Gasteiger partial charge on any atom is 0.255 e. The Balaban J connectivity index is 2.17. The van der Waals surface area contributed by atoms with Gasteiger partial charge in [0, 0.05) is 24.7 Å². The van der Waals surface area contributed by atoms with E-state index in [-0.39, 0.29) is 5.91 Å². The Bertz CT molecular complexity index is 586. The molecule has 2 rings (SSSR count). The third-order valence-electron chi connectivity index (χ3n) is 2.76. The first-order valence-electron chi connectivity index (χ1n) is 6.29. The molecule has 0 aliphatic rings. The summed E-state index contributed by atoms with van der Waals surface area (Å²) in [5.74, 6) is 0.551. The number of carbonyl (C=O) groups excluding carboxylic acids is 1. The Morgan fingerprint density at radius 1 is 1.55 bits per heavy atom. The number of thiophene rings is 1. The summed E-state index contributed by atoms with van der Waals surface area (Å²) < 4.78 is 0. The average Bonchev–Trinajstić information content (AvgIpc) is 2.93. The molecule has 4 nitrogen and oxygen atoms in total. The molecule has 0 aliphatic heterocycles. The predicted octanol–water partition coefficient (Wildman–Crippen LogP) is 3.50. The lowest BCUT2D eigenvalue weighted by molar-refractivity contribution is 0.0786. The maximum absolute atomic E-state index is 12.4. The lowest BCUT2D eigenvalue weighted by atomic mass is 10.2. The van der Waals surface area contributed by atoms with Gasteiger partial charge in [0.15, 0.2) is 0 Å². The number of amides is 1. The number of carbonyl (C=O) groups is 1. The van der Waals surface area contributed by atoms with Crippen molar-refractivity contribution in [2.45, 2.75) is 13.5 Å². The van der Waals surface area contributed by atoms with Gasteiger partial charge in [-0.05, 0) is 24.4 Å². The second-order valence-electron chi connectivity index (χ2n) is 4.32. The van der Waals surface area contributed by atoms with Crippen molar-refractivity contribution >= 4 is 34.7 Å². The van der Waals surface area contributed by atoms with Crippen LogP contribution >= 0.6 is 22.9 Å². The molecule has 20 heavy (non-hydrogen) atoms. The van der Waals surface area contributed by atoms with E-state index in [1.54, 1.807) is 29.4 Å². The van der Waals surface area contributed by atoms with E-state index in [2.05, 4.69) is 10.3 Å². The minimum absolute atomic E-state index is 0.107. The maximum atomic E-state index is 12.4. The van der Waals surface area contributed by atoms with Crippen LogP contribution in [-0.4, -0.2) is 29.4 Å². The molecular formula is C14H16ClN3OS. The standard InChI is InChI=1S/C14H16ClN3OS/c1-3-16-13-7-11(12(15)8-17-13)14(19)18(2)9-10-5-4-6-20-10/h4-8H,3,9H2,1-2H3,(H,16,17). The lowest BCUT2D eigenvalue weighted by Gasteiger charge is -2.17. The fourth-order valence-corrected chi connectivity index (χ4v) is 2.74. The monoisotopic (exact) mass is 309 g/mol. The fraction of sp³-hybridized carbons (Fsp3) is 0.286. The van der Waals surface area contributed by atoms with Crippen LogP contribution in [0, 0.1) is 0 Å². The van der Waals surface area contributed by atoms with Crippen molar-refractivity contribution in [1.82, 2.24) is 9.88 Å². The molecule has 0 saturated carbocycles. The fourth-order valence-electron chi connectivity index (χ4n) is 1.79. The van der Waals surface area contributed by atoms with Crippen LogP contribution in [0.4, 0.5) is 5.82 Å². The topological polar surface area (TPSA) is 45.2 Å². The molecule has 0 spiro atoms. The largest absolute Gasteiger partial charge is 0.370 e. The van der Waals surface area contributed by atoms with Crippen molar-refractivity contribution in [3.05, 3.63) is 45.2 Å². The summed E-state index contributed by atoms with van der Waals surface area (Å²) >= 11 is 7.71. The highest BCUT2D eigenvalue weighted by Gasteiger charge is 2.17. The Labute approximate surface area is 127 Å². The molecule has 6 heteroatoms. The van der Waals surface area contributed by atoms with Gasteiger partial charge in [-0.1, -0.05) is 17.7 Å². The molecule has 0 fully saturated rings. The van der Waals surface area contributed by atoms with E-state index in [4.69, 9.17) is 11.6 Å². The van der Waals surface area contributed by atoms with Gasteiger partial charge >= 0.3 is 0 Å². The number of anilines is 1. The van der Waals surface area contributed by atoms with E-state index in [9.17, 15) is 4.79 Å². The number of rotatable bonds is 5. The van der Waals surface area contributed by atoms with Crippen molar-refractivity contribution in [3.8, 4) is 0 Å². The number of hydrogen-bond donors (Lipinski definition) is 1. The third kappa shape index (κ3) is 3.49. The predicted molar refractivity (Wildman–Crippen MR) is 83.5 cm³/mol. The summed E-state index contributed by atoms with van der Waals surface area (Å²) in [6.07, 6.45) is 1.51. The van der Waals surface area contributed by atoms with Gasteiger partial charge in [0.25, 0.3) is 5.91 Å². The smallest absolute Gasteiger partial charge is 0.255 e. The van der Waals surface area contributed by atoms with Gasteiger partial charge in [-0.15, -0.1) is 11.3 Å². The Kier molecular flexibility index (Phi) is 4.98. The summed E-state index contributed by atoms with van der Waals surface area (Å²) in [6, 6.07) is 5.67. The lowest BCUT2D eigenvalue weighted by Crippen LogP contribution is -2.26. The van der Waals surface area contributed by atoms with Gasteiger partial charge in [0.2, 0.25) is 0 Å². The van der Waals surface area contributed by atoms with Crippen molar-refractivity contribution in [2.75, 3.05) is 18.9 Å². The second-order valence-corrected chi connectivity index (χ2v) is 5.76. The van der Waals surface area contributed by atoms with Crippen LogP contribution in [0.3, 0.4) is 0 Å². The molecule has 0 aliphatic carbocycles. The zero-order valence-electron chi connectivity index (χ0n) is 11.4. The molecule has 2 heterocycles. The zero-order chi connectivity index (χ0) is 14.5. The second kappa shape index (κ2) is 6.72. The molecule has 0 radical (unpaired) electrons. The highest BCUT2D eigenvalue weighted by Crippen LogP contribution is 2.21. The first-order chi connectivity index (χ1) is 9.61. The summed E-state index contributed by atoms with van der Waals surface area (Å²) in [4.78, 5) is 19.4. The van der Waals surface area contributed by atoms with E-state index in [1.807, 2.05) is 24.4 Å². The number of nitrogens with zero attached hydrogens (tertiary/aromatic N) is 2. The van der Waals surface area contributed by atoms with Crippen LogP contribution in [0.1, 0.15) is 22.2 Å². The first kappa shape index (κ1) is 14.8. The van der Waals surface area contributed by atoms with Crippen LogP contribution in [0.25, 0.3) is 0 Å². The van der Waals surface area contributed by atoms with E-state index in [0.717, 1.165) is 11.4 Å². The number of hydrogen-bond acceptors (Lipinski definition) is 4. The van der Waals surface area contributed by atoms with Crippen LogP contribution in [0.5, 0.6) is 0 Å². The Morgan fingerprint density at radius 3 is 3.00 bits per heavy atom. The molecule has 1 amide bonds. The quantitative estimate of drug-likeness (QED) is 0.919. The number of nitrogens with one attached hydrogen (secondary N) is 1. The van der Waals surface area contributed by atoms with Gasteiger partial charge < -0.3 is 10.2 Å². The molecule has 0 aromatic carbocycles. The summed E-state index contributed by atoms with van der Waals surface area (Å²) in [5, 5.41) is 5.44. The van der Waals surface area contributed by atoms with Crippen LogP contribution < -0.4 is 5.32 Å². The molecule has 0 bridgehead atoms. The van der Waals surface area contributed by atoms with Crippen molar-refractivity contribution in [3.63, 3.8) is 0 Å².